The number of hydrogen-bond donors (Lipinski definition) is 2. The van der Waals surface area contributed by atoms with Crippen LogP contribution in [0.2, 0.25) is 0 Å². The molecule has 1 aliphatic carbocycles. The molecule has 0 unspecified atom stereocenters. The fourth-order valence-corrected chi connectivity index (χ4v) is 5.61. The highest BCUT2D eigenvalue weighted by Crippen LogP contribution is 2.39. The molecule has 2 heterocycles. The molecule has 5 rings (SSSR count). The molecule has 2 amide bonds. The van der Waals surface area contributed by atoms with Crippen molar-refractivity contribution in [2.75, 3.05) is 29.9 Å². The normalized spacial score (nSPS) is 14.5. The van der Waals surface area contributed by atoms with Gasteiger partial charge in [0, 0.05) is 28.6 Å². The zero-order chi connectivity index (χ0) is 25.8. The number of hydrogen-bond acceptors (Lipinski definition) is 6. The van der Waals surface area contributed by atoms with Crippen LogP contribution in [0, 0.1) is 12.8 Å². The number of carbonyl (C=O) groups is 2. The predicted octanol–water partition coefficient (Wildman–Crippen LogP) is 5.11. The highest BCUT2D eigenvalue weighted by Gasteiger charge is 2.36. The number of nitrogens with zero attached hydrogens (tertiary/aromatic N) is 2. The molecule has 0 bridgehead atoms. The van der Waals surface area contributed by atoms with E-state index in [2.05, 4.69) is 11.4 Å². The number of ether oxygens (including phenoxy) is 1. The predicted molar refractivity (Wildman–Crippen MR) is 148 cm³/mol. The van der Waals surface area contributed by atoms with Crippen LogP contribution >= 0.6 is 11.3 Å². The van der Waals surface area contributed by atoms with Crippen molar-refractivity contribution >= 4 is 34.0 Å². The third-order valence-electron chi connectivity index (χ3n) is 6.86. The Morgan fingerprint density at radius 2 is 2.03 bits per heavy atom. The largest absolute Gasteiger partial charge is 0.494 e. The Morgan fingerprint density at radius 3 is 2.84 bits per heavy atom. The molecular formula is C29H34N4O3S. The molecule has 1 aliphatic heterocycles. The Kier molecular flexibility index (Phi) is 7.86. The maximum atomic E-state index is 12.8. The number of anilines is 2. The maximum Gasteiger partial charge on any atom is 0.230 e. The Labute approximate surface area is 222 Å². The number of thiazole rings is 1. The van der Waals surface area contributed by atoms with Crippen molar-refractivity contribution in [1.82, 2.24) is 4.98 Å². The van der Waals surface area contributed by atoms with Gasteiger partial charge >= 0.3 is 0 Å². The summed E-state index contributed by atoms with van der Waals surface area (Å²) in [6, 6.07) is 13.9. The second-order valence-corrected chi connectivity index (χ2v) is 11.1. The summed E-state index contributed by atoms with van der Waals surface area (Å²) in [6.45, 7) is 4.13. The molecule has 8 heteroatoms. The maximum absolute atomic E-state index is 12.8. The van der Waals surface area contributed by atoms with Gasteiger partial charge in [-0.3, -0.25) is 9.59 Å². The molecule has 3 aromatic rings. The molecule has 2 aliphatic rings. The van der Waals surface area contributed by atoms with Crippen LogP contribution in [0.5, 0.6) is 5.75 Å². The van der Waals surface area contributed by atoms with Gasteiger partial charge in [-0.15, -0.1) is 11.3 Å². The number of nitrogens with two attached hydrogens (primary N) is 1. The zero-order valence-electron chi connectivity index (χ0n) is 21.3. The first-order chi connectivity index (χ1) is 18.0. The number of aromatic nitrogens is 1. The second kappa shape index (κ2) is 11.4. The minimum Gasteiger partial charge on any atom is -0.494 e. The van der Waals surface area contributed by atoms with Crippen LogP contribution in [0.15, 0.2) is 42.5 Å². The molecule has 37 heavy (non-hydrogen) atoms. The second-order valence-electron chi connectivity index (χ2n) is 9.85. The van der Waals surface area contributed by atoms with Crippen molar-refractivity contribution in [2.45, 2.75) is 51.9 Å². The highest BCUT2D eigenvalue weighted by molar-refractivity contribution is 7.16. The summed E-state index contributed by atoms with van der Waals surface area (Å²) in [4.78, 5) is 33.1. The summed E-state index contributed by atoms with van der Waals surface area (Å²) in [6.07, 6.45) is 6.18. The number of carbonyl (C=O) groups excluding carboxylic acids is 2. The van der Waals surface area contributed by atoms with Gasteiger partial charge in [0.1, 0.15) is 5.75 Å². The summed E-state index contributed by atoms with van der Waals surface area (Å²) in [5.41, 5.74) is 10.5. The highest BCUT2D eigenvalue weighted by atomic mass is 32.1. The van der Waals surface area contributed by atoms with E-state index in [1.807, 2.05) is 48.2 Å². The summed E-state index contributed by atoms with van der Waals surface area (Å²) in [7, 11) is 0. The molecule has 0 atom stereocenters. The topological polar surface area (TPSA) is 97.5 Å². The fourth-order valence-electron chi connectivity index (χ4n) is 4.75. The number of aryl methyl sites for hydroxylation is 1. The van der Waals surface area contributed by atoms with E-state index in [0.29, 0.717) is 18.3 Å². The Bertz CT molecular complexity index is 1280. The van der Waals surface area contributed by atoms with Crippen LogP contribution in [0.4, 0.5) is 10.8 Å². The Hall–Kier alpha value is -3.23. The van der Waals surface area contributed by atoms with E-state index < -0.39 is 0 Å². The van der Waals surface area contributed by atoms with Gasteiger partial charge in [-0.2, -0.15) is 0 Å². The molecule has 194 valence electrons. The van der Waals surface area contributed by atoms with Crippen LogP contribution < -0.4 is 20.7 Å². The van der Waals surface area contributed by atoms with Crippen molar-refractivity contribution in [3.05, 3.63) is 58.5 Å². The standard InChI is InChI=1S/C29H34N4O3S/c1-19-27(23-10-11-25-22(18-23)12-14-33(25)28(35)21-8-9-21)32-29(37-19)31-26(34)17-20-6-5-7-24(16-20)36-15-4-2-3-13-30/h5-7,10-11,16,18,21H,2-4,8-9,12-15,17,30H2,1H3,(H,31,32,34). The van der Waals surface area contributed by atoms with E-state index in [9.17, 15) is 9.59 Å². The van der Waals surface area contributed by atoms with E-state index in [4.69, 9.17) is 15.5 Å². The molecule has 1 aromatic heterocycles. The summed E-state index contributed by atoms with van der Waals surface area (Å²) >= 11 is 1.48. The number of nitrogens with one attached hydrogen (secondary N) is 1. The third kappa shape index (κ3) is 6.19. The number of unbranched alkanes of at least 4 members (excludes halogenated alkanes) is 2. The van der Waals surface area contributed by atoms with E-state index >= 15 is 0 Å². The lowest BCUT2D eigenvalue weighted by Crippen LogP contribution is -2.30. The lowest BCUT2D eigenvalue weighted by Gasteiger charge is -2.17. The molecular weight excluding hydrogens is 484 g/mol. The van der Waals surface area contributed by atoms with Crippen molar-refractivity contribution in [1.29, 1.82) is 0 Å². The Balaban J connectivity index is 1.19. The van der Waals surface area contributed by atoms with Gasteiger partial charge in [-0.05, 0) is 87.4 Å². The minimum absolute atomic E-state index is 0.108. The Morgan fingerprint density at radius 1 is 1.16 bits per heavy atom. The number of rotatable bonds is 11. The van der Waals surface area contributed by atoms with Crippen molar-refractivity contribution in [3.8, 4) is 17.0 Å². The first-order valence-electron chi connectivity index (χ1n) is 13.2. The molecule has 0 spiro atoms. The SMILES string of the molecule is Cc1sc(NC(=O)Cc2cccc(OCCCCCN)c2)nc1-c1ccc2c(c1)CCN2C(=O)C1CC1. The number of amides is 2. The lowest BCUT2D eigenvalue weighted by atomic mass is 10.1. The van der Waals surface area contributed by atoms with Gasteiger partial charge in [-0.25, -0.2) is 4.98 Å². The quantitative estimate of drug-likeness (QED) is 0.344. The monoisotopic (exact) mass is 518 g/mol. The molecule has 1 saturated carbocycles. The van der Waals surface area contributed by atoms with Gasteiger partial charge in [-0.1, -0.05) is 18.2 Å². The fraction of sp³-hybridized carbons (Fsp3) is 0.414. The lowest BCUT2D eigenvalue weighted by molar-refractivity contribution is -0.119. The van der Waals surface area contributed by atoms with E-state index in [0.717, 1.165) is 78.2 Å². The first-order valence-corrected chi connectivity index (χ1v) is 14.0. The van der Waals surface area contributed by atoms with Crippen molar-refractivity contribution in [3.63, 3.8) is 0 Å². The first kappa shape index (κ1) is 25.4. The molecule has 1 fully saturated rings. The van der Waals surface area contributed by atoms with Crippen LogP contribution in [-0.4, -0.2) is 36.5 Å². The molecule has 2 aromatic carbocycles. The average molecular weight is 519 g/mol. The van der Waals surface area contributed by atoms with Gasteiger partial charge in [0.05, 0.1) is 18.7 Å². The number of benzene rings is 2. The minimum atomic E-state index is -0.108. The van der Waals surface area contributed by atoms with Crippen molar-refractivity contribution < 1.29 is 14.3 Å². The molecule has 0 radical (unpaired) electrons. The van der Waals surface area contributed by atoms with Crippen LogP contribution in [0.25, 0.3) is 11.3 Å². The summed E-state index contributed by atoms with van der Waals surface area (Å²) in [5, 5.41) is 3.56. The average Bonchev–Trinajstić information content (AvgIpc) is 3.56. The van der Waals surface area contributed by atoms with E-state index in [1.165, 1.54) is 16.9 Å². The van der Waals surface area contributed by atoms with Crippen LogP contribution in [0.1, 0.15) is 48.1 Å². The van der Waals surface area contributed by atoms with Gasteiger partial charge in [0.15, 0.2) is 5.13 Å². The van der Waals surface area contributed by atoms with Gasteiger partial charge in [0.25, 0.3) is 0 Å². The summed E-state index contributed by atoms with van der Waals surface area (Å²) in [5.74, 6) is 1.16. The van der Waals surface area contributed by atoms with Gasteiger partial charge in [0.2, 0.25) is 11.8 Å². The number of fused-ring (bicyclic) bond motifs is 1. The smallest absolute Gasteiger partial charge is 0.230 e. The third-order valence-corrected chi connectivity index (χ3v) is 7.75. The van der Waals surface area contributed by atoms with E-state index in [1.54, 1.807) is 0 Å². The summed E-state index contributed by atoms with van der Waals surface area (Å²) < 4.78 is 5.82. The van der Waals surface area contributed by atoms with Crippen LogP contribution in [-0.2, 0) is 22.4 Å². The molecule has 0 saturated heterocycles. The zero-order valence-corrected chi connectivity index (χ0v) is 22.1. The van der Waals surface area contributed by atoms with Crippen molar-refractivity contribution in [2.24, 2.45) is 11.7 Å². The van der Waals surface area contributed by atoms with Gasteiger partial charge < -0.3 is 20.7 Å². The van der Waals surface area contributed by atoms with Crippen LogP contribution in [0.3, 0.4) is 0 Å². The van der Waals surface area contributed by atoms with E-state index in [-0.39, 0.29) is 24.2 Å². The molecule has 7 nitrogen and oxygen atoms in total. The molecule has 3 N–H and O–H groups in total.